The molecule has 13 heavy (non-hydrogen) atoms. The van der Waals surface area contributed by atoms with Gasteiger partial charge in [-0.3, -0.25) is 0 Å². The second kappa shape index (κ2) is 4.82. The van der Waals surface area contributed by atoms with Crippen LogP contribution in [0.1, 0.15) is 12.5 Å². The van der Waals surface area contributed by atoms with Crippen LogP contribution in [0.3, 0.4) is 0 Å². The lowest BCUT2D eigenvalue weighted by Crippen LogP contribution is -2.21. The van der Waals surface area contributed by atoms with E-state index in [0.29, 0.717) is 12.6 Å². The van der Waals surface area contributed by atoms with Gasteiger partial charge in [0.2, 0.25) is 0 Å². The molecule has 0 aliphatic heterocycles. The number of nitrogens with zero attached hydrogens (tertiary/aromatic N) is 1. The zero-order valence-corrected chi connectivity index (χ0v) is 8.37. The maximum atomic E-state index is 5.02. The summed E-state index contributed by atoms with van der Waals surface area (Å²) in [5, 5.41) is 3.25. The summed E-state index contributed by atoms with van der Waals surface area (Å²) in [7, 11) is 1.70. The van der Waals surface area contributed by atoms with Crippen LogP contribution in [-0.4, -0.2) is 24.7 Å². The minimum absolute atomic E-state index is 0.291. The Morgan fingerprint density at radius 1 is 1.62 bits per heavy atom. The quantitative estimate of drug-likeness (QED) is 0.767. The van der Waals surface area contributed by atoms with E-state index in [0.717, 1.165) is 5.82 Å². The maximum Gasteiger partial charge on any atom is 0.126 e. The molecule has 0 aliphatic rings. The number of methoxy groups -OCH3 is 1. The molecule has 0 radical (unpaired) electrons. The number of rotatable bonds is 4. The SMILES string of the molecule is COCC(C)Nc1cc(C)ccn1. The van der Waals surface area contributed by atoms with Crippen molar-refractivity contribution in [2.45, 2.75) is 19.9 Å². The molecule has 3 heteroatoms. The van der Waals surface area contributed by atoms with Gasteiger partial charge in [0, 0.05) is 19.3 Å². The minimum atomic E-state index is 0.291. The lowest BCUT2D eigenvalue weighted by Gasteiger charge is -2.13. The van der Waals surface area contributed by atoms with Gasteiger partial charge < -0.3 is 10.1 Å². The van der Waals surface area contributed by atoms with E-state index < -0.39 is 0 Å². The van der Waals surface area contributed by atoms with Crippen LogP contribution in [0.4, 0.5) is 5.82 Å². The third-order valence-corrected chi connectivity index (χ3v) is 1.73. The standard InChI is InChI=1S/C10H16N2O/c1-8-4-5-11-10(6-8)12-9(2)7-13-3/h4-6,9H,7H2,1-3H3,(H,11,12). The summed E-state index contributed by atoms with van der Waals surface area (Å²) in [4.78, 5) is 4.20. The summed E-state index contributed by atoms with van der Waals surface area (Å²) in [6, 6.07) is 4.29. The van der Waals surface area contributed by atoms with Gasteiger partial charge >= 0.3 is 0 Å². The predicted octanol–water partition coefficient (Wildman–Crippen LogP) is 1.84. The molecule has 0 amide bonds. The first-order valence-electron chi connectivity index (χ1n) is 4.40. The first-order valence-corrected chi connectivity index (χ1v) is 4.40. The van der Waals surface area contributed by atoms with Crippen LogP contribution >= 0.6 is 0 Å². The van der Waals surface area contributed by atoms with Gasteiger partial charge in [0.25, 0.3) is 0 Å². The fraction of sp³-hybridized carbons (Fsp3) is 0.500. The third-order valence-electron chi connectivity index (χ3n) is 1.73. The number of pyridine rings is 1. The van der Waals surface area contributed by atoms with Crippen LogP contribution in [0.2, 0.25) is 0 Å². The minimum Gasteiger partial charge on any atom is -0.383 e. The Kier molecular flexibility index (Phi) is 3.71. The Morgan fingerprint density at radius 2 is 2.38 bits per heavy atom. The average molecular weight is 180 g/mol. The molecular formula is C10H16N2O. The van der Waals surface area contributed by atoms with Crippen molar-refractivity contribution in [1.82, 2.24) is 4.98 Å². The molecule has 3 nitrogen and oxygen atoms in total. The van der Waals surface area contributed by atoms with Crippen LogP contribution in [0, 0.1) is 6.92 Å². The Balaban J connectivity index is 2.53. The smallest absolute Gasteiger partial charge is 0.126 e. The molecule has 1 N–H and O–H groups in total. The number of ether oxygens (including phenoxy) is 1. The van der Waals surface area contributed by atoms with Gasteiger partial charge in [-0.1, -0.05) is 0 Å². The highest BCUT2D eigenvalue weighted by Gasteiger charge is 2.01. The Labute approximate surface area is 79.1 Å². The van der Waals surface area contributed by atoms with Gasteiger partial charge in [-0.05, 0) is 31.5 Å². The monoisotopic (exact) mass is 180 g/mol. The van der Waals surface area contributed by atoms with E-state index in [1.807, 2.05) is 19.1 Å². The molecule has 0 aromatic carbocycles. The molecule has 0 fully saturated rings. The highest BCUT2D eigenvalue weighted by atomic mass is 16.5. The van der Waals surface area contributed by atoms with Crippen molar-refractivity contribution in [1.29, 1.82) is 0 Å². The molecule has 0 aliphatic carbocycles. The first-order chi connectivity index (χ1) is 6.22. The van der Waals surface area contributed by atoms with E-state index in [4.69, 9.17) is 4.74 Å². The van der Waals surface area contributed by atoms with Crippen LogP contribution in [0.25, 0.3) is 0 Å². The van der Waals surface area contributed by atoms with E-state index in [1.54, 1.807) is 13.3 Å². The first kappa shape index (κ1) is 9.99. The molecule has 1 atom stereocenters. The van der Waals surface area contributed by atoms with E-state index in [-0.39, 0.29) is 0 Å². The molecule has 72 valence electrons. The van der Waals surface area contributed by atoms with Crippen LogP contribution in [-0.2, 0) is 4.74 Å². The van der Waals surface area contributed by atoms with Crippen molar-refractivity contribution >= 4 is 5.82 Å². The molecular weight excluding hydrogens is 164 g/mol. The zero-order valence-electron chi connectivity index (χ0n) is 8.37. The Hall–Kier alpha value is -1.09. The largest absolute Gasteiger partial charge is 0.383 e. The molecule has 0 saturated carbocycles. The fourth-order valence-electron chi connectivity index (χ4n) is 1.16. The molecule has 1 unspecified atom stereocenters. The van der Waals surface area contributed by atoms with Crippen LogP contribution in [0.5, 0.6) is 0 Å². The Bertz CT molecular complexity index is 263. The third kappa shape index (κ3) is 3.42. The lowest BCUT2D eigenvalue weighted by atomic mass is 10.3. The van der Waals surface area contributed by atoms with E-state index in [1.165, 1.54) is 5.56 Å². The maximum absolute atomic E-state index is 5.02. The van der Waals surface area contributed by atoms with Gasteiger partial charge in [-0.15, -0.1) is 0 Å². The van der Waals surface area contributed by atoms with Crippen LogP contribution < -0.4 is 5.32 Å². The summed E-state index contributed by atoms with van der Waals surface area (Å²) in [6.07, 6.45) is 1.80. The average Bonchev–Trinajstić information content (AvgIpc) is 2.04. The van der Waals surface area contributed by atoms with Crippen molar-refractivity contribution < 1.29 is 4.74 Å². The van der Waals surface area contributed by atoms with Gasteiger partial charge in [-0.2, -0.15) is 0 Å². The van der Waals surface area contributed by atoms with Crippen molar-refractivity contribution in [3.05, 3.63) is 23.9 Å². The van der Waals surface area contributed by atoms with Gasteiger partial charge in [0.15, 0.2) is 0 Å². The topological polar surface area (TPSA) is 34.1 Å². The normalized spacial score (nSPS) is 12.5. The van der Waals surface area contributed by atoms with E-state index in [9.17, 15) is 0 Å². The number of aromatic nitrogens is 1. The van der Waals surface area contributed by atoms with Crippen LogP contribution in [0.15, 0.2) is 18.3 Å². The summed E-state index contributed by atoms with van der Waals surface area (Å²) in [5.74, 6) is 0.907. The van der Waals surface area contributed by atoms with E-state index in [2.05, 4.69) is 17.2 Å². The number of nitrogens with one attached hydrogen (secondary N) is 1. The second-order valence-corrected chi connectivity index (χ2v) is 3.22. The number of aryl methyl sites for hydroxylation is 1. The molecule has 1 rings (SSSR count). The summed E-state index contributed by atoms with van der Waals surface area (Å²) >= 11 is 0. The summed E-state index contributed by atoms with van der Waals surface area (Å²) in [5.41, 5.74) is 1.21. The van der Waals surface area contributed by atoms with Gasteiger partial charge in [0.1, 0.15) is 5.82 Å². The lowest BCUT2D eigenvalue weighted by molar-refractivity contribution is 0.190. The number of hydrogen-bond donors (Lipinski definition) is 1. The molecule has 0 spiro atoms. The predicted molar refractivity (Wildman–Crippen MR) is 53.9 cm³/mol. The van der Waals surface area contributed by atoms with Crippen molar-refractivity contribution in [2.75, 3.05) is 19.0 Å². The van der Waals surface area contributed by atoms with Gasteiger partial charge in [-0.25, -0.2) is 4.98 Å². The zero-order chi connectivity index (χ0) is 9.68. The molecule has 0 saturated heterocycles. The molecule has 1 heterocycles. The van der Waals surface area contributed by atoms with Crippen molar-refractivity contribution in [3.63, 3.8) is 0 Å². The fourth-order valence-corrected chi connectivity index (χ4v) is 1.16. The number of hydrogen-bond acceptors (Lipinski definition) is 3. The highest BCUT2D eigenvalue weighted by Crippen LogP contribution is 2.06. The summed E-state index contributed by atoms with van der Waals surface area (Å²) < 4.78 is 5.02. The van der Waals surface area contributed by atoms with Crippen molar-refractivity contribution in [3.8, 4) is 0 Å². The Morgan fingerprint density at radius 3 is 3.00 bits per heavy atom. The van der Waals surface area contributed by atoms with Gasteiger partial charge in [0.05, 0.1) is 6.61 Å². The van der Waals surface area contributed by atoms with Crippen molar-refractivity contribution in [2.24, 2.45) is 0 Å². The second-order valence-electron chi connectivity index (χ2n) is 3.22. The molecule has 1 aromatic rings. The molecule has 1 aromatic heterocycles. The van der Waals surface area contributed by atoms with E-state index >= 15 is 0 Å². The molecule has 0 bridgehead atoms. The number of anilines is 1. The highest BCUT2D eigenvalue weighted by molar-refractivity contribution is 5.37. The summed E-state index contributed by atoms with van der Waals surface area (Å²) in [6.45, 7) is 4.80.